The Morgan fingerprint density at radius 2 is 2.03 bits per heavy atom. The Labute approximate surface area is 176 Å². The van der Waals surface area contributed by atoms with Crippen LogP contribution in [0.5, 0.6) is 0 Å². The molecule has 0 amide bonds. The van der Waals surface area contributed by atoms with Crippen LogP contribution in [0.3, 0.4) is 0 Å². The average molecular weight is 435 g/mol. The Kier molecular flexibility index (Phi) is 5.87. The van der Waals surface area contributed by atoms with E-state index in [1.165, 1.54) is 6.07 Å². The van der Waals surface area contributed by atoms with Gasteiger partial charge in [-0.25, -0.2) is 0 Å². The van der Waals surface area contributed by atoms with E-state index in [9.17, 15) is 13.2 Å². The monoisotopic (exact) mass is 435 g/mol. The molecule has 5 N–H and O–H groups in total. The van der Waals surface area contributed by atoms with Crippen molar-refractivity contribution in [3.05, 3.63) is 45.5 Å². The van der Waals surface area contributed by atoms with Crippen LogP contribution in [0.1, 0.15) is 35.8 Å². The molecule has 1 aromatic heterocycles. The fourth-order valence-corrected chi connectivity index (χ4v) is 3.79. The Hall–Kier alpha value is -2.69. The number of nitrogen functional groups attached to an aromatic ring is 1. The van der Waals surface area contributed by atoms with Gasteiger partial charge in [0, 0.05) is 22.7 Å². The van der Waals surface area contributed by atoms with Crippen molar-refractivity contribution in [2.75, 3.05) is 24.3 Å². The zero-order valence-electron chi connectivity index (χ0n) is 16.9. The third-order valence-electron chi connectivity index (χ3n) is 5.35. The van der Waals surface area contributed by atoms with Gasteiger partial charge >= 0.3 is 6.18 Å². The third-order valence-corrected chi connectivity index (χ3v) is 5.35. The Morgan fingerprint density at radius 1 is 1.23 bits per heavy atom. The van der Waals surface area contributed by atoms with Crippen LogP contribution in [0.25, 0.3) is 12.2 Å². The van der Waals surface area contributed by atoms with Gasteiger partial charge in [-0.2, -0.15) is 18.3 Å². The molecule has 2 aliphatic rings. The summed E-state index contributed by atoms with van der Waals surface area (Å²) in [5, 5.41) is 13.0. The topological polar surface area (TPSA) is 108 Å². The normalized spacial score (nSPS) is 21.7. The maximum absolute atomic E-state index is 13.1. The highest BCUT2D eigenvalue weighted by Crippen LogP contribution is 2.32. The molecule has 2 aromatic rings. The fourth-order valence-electron chi connectivity index (χ4n) is 3.79. The summed E-state index contributed by atoms with van der Waals surface area (Å²) in [6.45, 7) is 3.10. The maximum atomic E-state index is 13.1. The molecule has 4 rings (SSSR count). The van der Waals surface area contributed by atoms with E-state index in [1.807, 2.05) is 19.1 Å². The molecule has 31 heavy (non-hydrogen) atoms. The molecule has 1 aliphatic carbocycles. The van der Waals surface area contributed by atoms with Crippen molar-refractivity contribution in [2.45, 2.75) is 44.3 Å². The van der Waals surface area contributed by atoms with Gasteiger partial charge in [-0.3, -0.25) is 0 Å². The number of rotatable bonds is 5. The second-order valence-electron chi connectivity index (χ2n) is 7.74. The van der Waals surface area contributed by atoms with Crippen molar-refractivity contribution in [2.24, 2.45) is 5.73 Å². The molecule has 1 unspecified atom stereocenters. The summed E-state index contributed by atoms with van der Waals surface area (Å²) < 4.78 is 50.9. The zero-order chi connectivity index (χ0) is 22.2. The van der Waals surface area contributed by atoms with Crippen LogP contribution >= 0.6 is 0 Å². The summed E-state index contributed by atoms with van der Waals surface area (Å²) >= 11 is 0. The first-order valence-electron chi connectivity index (χ1n) is 9.99. The summed E-state index contributed by atoms with van der Waals surface area (Å²) in [7, 11) is 0. The molecule has 0 saturated carbocycles. The summed E-state index contributed by atoms with van der Waals surface area (Å²) in [6, 6.07) is 3.26. The predicted octanol–water partition coefficient (Wildman–Crippen LogP) is 1.59. The van der Waals surface area contributed by atoms with Crippen molar-refractivity contribution in [3.63, 3.8) is 0 Å². The second-order valence-corrected chi connectivity index (χ2v) is 7.74. The van der Waals surface area contributed by atoms with Gasteiger partial charge in [-0.1, -0.05) is 6.08 Å². The van der Waals surface area contributed by atoms with Crippen molar-refractivity contribution in [3.8, 4) is 0 Å². The third kappa shape index (κ3) is 4.81. The lowest BCUT2D eigenvalue weighted by atomic mass is 10.0. The number of nitrogens with two attached hydrogens (primary N) is 2. The van der Waals surface area contributed by atoms with E-state index in [4.69, 9.17) is 20.9 Å². The number of benzene rings is 1. The molecule has 1 aliphatic heterocycles. The quantitative estimate of drug-likeness (QED) is 0.484. The van der Waals surface area contributed by atoms with Crippen LogP contribution in [0, 0.1) is 6.92 Å². The number of nitrogens with zero attached hydrogens (tertiary/aromatic N) is 2. The average Bonchev–Trinajstić information content (AvgIpc) is 3.22. The molecule has 0 bridgehead atoms. The van der Waals surface area contributed by atoms with Crippen LogP contribution < -0.4 is 27.2 Å². The highest BCUT2D eigenvalue weighted by Gasteiger charge is 2.31. The number of anilines is 2. The number of ether oxygens (including phenoxy) is 2. The van der Waals surface area contributed by atoms with E-state index >= 15 is 0 Å². The van der Waals surface area contributed by atoms with E-state index in [0.717, 1.165) is 34.7 Å². The van der Waals surface area contributed by atoms with Crippen LogP contribution in [0.2, 0.25) is 0 Å². The lowest BCUT2D eigenvalue weighted by molar-refractivity contribution is -0.137. The van der Waals surface area contributed by atoms with Crippen molar-refractivity contribution in [1.29, 1.82) is 0 Å². The summed E-state index contributed by atoms with van der Waals surface area (Å²) in [5.74, 6) is 0.372. The SMILES string of the molecule is Cc1nnc(N[C@H](N)c2cc(N)cc(C(F)(F)F)c2)c2c1=CCC(O[C@H]1CCOC1)C=2. The van der Waals surface area contributed by atoms with E-state index in [1.54, 1.807) is 0 Å². The molecule has 3 atom stereocenters. The van der Waals surface area contributed by atoms with Crippen LogP contribution in [0.4, 0.5) is 24.7 Å². The van der Waals surface area contributed by atoms with Crippen LogP contribution in [-0.2, 0) is 15.7 Å². The highest BCUT2D eigenvalue weighted by atomic mass is 19.4. The van der Waals surface area contributed by atoms with Gasteiger partial charge < -0.3 is 26.3 Å². The second kappa shape index (κ2) is 8.45. The predicted molar refractivity (Wildman–Crippen MR) is 110 cm³/mol. The number of aryl methyl sites for hydroxylation is 1. The minimum absolute atomic E-state index is 0.0220. The van der Waals surface area contributed by atoms with Crippen LogP contribution in [-0.4, -0.2) is 35.6 Å². The first kappa shape index (κ1) is 21.5. The van der Waals surface area contributed by atoms with Gasteiger partial charge in [0.15, 0.2) is 5.82 Å². The lowest BCUT2D eigenvalue weighted by Gasteiger charge is -2.21. The molecular weight excluding hydrogens is 411 g/mol. The largest absolute Gasteiger partial charge is 0.416 e. The minimum Gasteiger partial charge on any atom is -0.399 e. The highest BCUT2D eigenvalue weighted by molar-refractivity contribution is 5.53. The van der Waals surface area contributed by atoms with Gasteiger partial charge in [0.2, 0.25) is 0 Å². The lowest BCUT2D eigenvalue weighted by Crippen LogP contribution is -2.39. The molecule has 0 radical (unpaired) electrons. The van der Waals surface area contributed by atoms with E-state index < -0.39 is 17.9 Å². The summed E-state index contributed by atoms with van der Waals surface area (Å²) in [6.07, 6.45) is -0.108. The number of nitrogens with one attached hydrogen (secondary N) is 1. The van der Waals surface area contributed by atoms with E-state index in [2.05, 4.69) is 15.5 Å². The Morgan fingerprint density at radius 3 is 2.74 bits per heavy atom. The number of alkyl halides is 3. The van der Waals surface area contributed by atoms with Gasteiger partial charge in [-0.15, -0.1) is 5.10 Å². The number of fused-ring (bicyclic) bond motifs is 1. The smallest absolute Gasteiger partial charge is 0.399 e. The number of halogens is 3. The number of hydrogen-bond acceptors (Lipinski definition) is 7. The zero-order valence-corrected chi connectivity index (χ0v) is 16.9. The molecule has 0 spiro atoms. The molecule has 7 nitrogen and oxygen atoms in total. The van der Waals surface area contributed by atoms with E-state index in [-0.39, 0.29) is 23.5 Å². The van der Waals surface area contributed by atoms with Gasteiger partial charge in [0.25, 0.3) is 0 Å². The van der Waals surface area contributed by atoms with E-state index in [0.29, 0.717) is 25.5 Å². The van der Waals surface area contributed by atoms with Crippen LogP contribution in [0.15, 0.2) is 18.2 Å². The molecule has 1 saturated heterocycles. The van der Waals surface area contributed by atoms with Crippen molar-refractivity contribution in [1.82, 2.24) is 10.2 Å². The number of aromatic nitrogens is 2. The molecule has 2 heterocycles. The van der Waals surface area contributed by atoms with Crippen molar-refractivity contribution < 1.29 is 22.6 Å². The summed E-state index contributed by atoms with van der Waals surface area (Å²) in [5.41, 5.74) is 11.9. The minimum atomic E-state index is -4.52. The Balaban J connectivity index is 1.63. The molecule has 1 fully saturated rings. The van der Waals surface area contributed by atoms with Gasteiger partial charge in [0.1, 0.15) is 6.17 Å². The molecule has 166 valence electrons. The van der Waals surface area contributed by atoms with Gasteiger partial charge in [-0.05, 0) is 49.6 Å². The maximum Gasteiger partial charge on any atom is 0.416 e. The number of hydrogen-bond donors (Lipinski definition) is 3. The first-order valence-corrected chi connectivity index (χ1v) is 9.99. The Bertz CT molecular complexity index is 1080. The standard InChI is InChI=1S/C21H24F3N5O2/c1-11-17-3-2-15(31-16-4-5-30-10-16)9-18(17)20(29-28-11)27-19(26)12-6-13(21(22,23)24)8-14(25)7-12/h3,6-9,15-16,19H,2,4-5,10,25-26H2,1H3,(H,27,29)/t15?,16-,19-/m0/s1. The molecule has 1 aromatic carbocycles. The summed E-state index contributed by atoms with van der Waals surface area (Å²) in [4.78, 5) is 0. The van der Waals surface area contributed by atoms with Gasteiger partial charge in [0.05, 0.1) is 30.1 Å². The molecule has 10 heteroatoms. The molecular formula is C21H24F3N5O2. The fraction of sp³-hybridized carbons (Fsp3) is 0.429. The van der Waals surface area contributed by atoms with Crippen molar-refractivity contribution >= 4 is 23.7 Å². The first-order chi connectivity index (χ1) is 14.7.